The molecule has 2 aromatic carbocycles. The first-order chi connectivity index (χ1) is 11.0. The first-order valence-electron chi connectivity index (χ1n) is 6.79. The lowest BCUT2D eigenvalue weighted by atomic mass is 10.2. The van der Waals surface area contributed by atoms with Crippen molar-refractivity contribution in [1.82, 2.24) is 5.32 Å². The van der Waals surface area contributed by atoms with Crippen LogP contribution in [0.15, 0.2) is 42.5 Å². The van der Waals surface area contributed by atoms with E-state index < -0.39 is 12.6 Å². The Morgan fingerprint density at radius 3 is 2.70 bits per heavy atom. The van der Waals surface area contributed by atoms with Gasteiger partial charge in [0, 0.05) is 22.8 Å². The molecular formula is C16H15ClF2N2O2. The SMILES string of the molecule is Cc1ccc(NC(=O)NCc2ccccc2OC(F)F)cc1Cl. The number of urea groups is 1. The lowest BCUT2D eigenvalue weighted by Gasteiger charge is -2.12. The lowest BCUT2D eigenvalue weighted by molar-refractivity contribution is -0.0504. The number of hydrogen-bond donors (Lipinski definition) is 2. The number of carbonyl (C=O) groups excluding carboxylic acids is 1. The van der Waals surface area contributed by atoms with E-state index in [2.05, 4.69) is 15.4 Å². The Kier molecular flexibility index (Phi) is 5.76. The molecule has 0 bridgehead atoms. The summed E-state index contributed by atoms with van der Waals surface area (Å²) in [5, 5.41) is 5.73. The van der Waals surface area contributed by atoms with Crippen LogP contribution in [0.3, 0.4) is 0 Å². The third kappa shape index (κ3) is 5.10. The van der Waals surface area contributed by atoms with Crippen LogP contribution in [0.2, 0.25) is 5.02 Å². The number of nitrogens with one attached hydrogen (secondary N) is 2. The summed E-state index contributed by atoms with van der Waals surface area (Å²) >= 11 is 5.98. The molecule has 2 N–H and O–H groups in total. The zero-order chi connectivity index (χ0) is 16.8. The maximum absolute atomic E-state index is 12.3. The first kappa shape index (κ1) is 17.0. The highest BCUT2D eigenvalue weighted by Crippen LogP contribution is 2.21. The van der Waals surface area contributed by atoms with Crippen molar-refractivity contribution in [3.8, 4) is 5.75 Å². The molecule has 2 rings (SSSR count). The highest BCUT2D eigenvalue weighted by atomic mass is 35.5. The molecule has 2 amide bonds. The molecule has 0 atom stereocenters. The van der Waals surface area contributed by atoms with E-state index in [-0.39, 0.29) is 12.3 Å². The van der Waals surface area contributed by atoms with Crippen molar-refractivity contribution in [2.75, 3.05) is 5.32 Å². The van der Waals surface area contributed by atoms with Gasteiger partial charge in [-0.1, -0.05) is 35.9 Å². The van der Waals surface area contributed by atoms with Crippen molar-refractivity contribution in [3.05, 3.63) is 58.6 Å². The number of amides is 2. The summed E-state index contributed by atoms with van der Waals surface area (Å²) in [6.45, 7) is -1.01. The molecule has 0 aliphatic heterocycles. The largest absolute Gasteiger partial charge is 0.434 e. The summed E-state index contributed by atoms with van der Waals surface area (Å²) in [7, 11) is 0. The highest BCUT2D eigenvalue weighted by Gasteiger charge is 2.10. The maximum atomic E-state index is 12.3. The fourth-order valence-electron chi connectivity index (χ4n) is 1.88. The van der Waals surface area contributed by atoms with Crippen LogP contribution in [-0.4, -0.2) is 12.6 Å². The van der Waals surface area contributed by atoms with E-state index in [4.69, 9.17) is 11.6 Å². The summed E-state index contributed by atoms with van der Waals surface area (Å²) in [5.74, 6) is 0.0289. The van der Waals surface area contributed by atoms with Crippen molar-refractivity contribution in [3.63, 3.8) is 0 Å². The van der Waals surface area contributed by atoms with E-state index in [1.54, 1.807) is 36.4 Å². The Morgan fingerprint density at radius 2 is 2.00 bits per heavy atom. The van der Waals surface area contributed by atoms with Gasteiger partial charge in [-0.25, -0.2) is 4.79 Å². The fourth-order valence-corrected chi connectivity index (χ4v) is 2.06. The van der Waals surface area contributed by atoms with Gasteiger partial charge in [0.1, 0.15) is 5.75 Å². The zero-order valence-electron chi connectivity index (χ0n) is 12.3. The van der Waals surface area contributed by atoms with Crippen LogP contribution < -0.4 is 15.4 Å². The Morgan fingerprint density at radius 1 is 1.26 bits per heavy atom. The van der Waals surface area contributed by atoms with Crippen molar-refractivity contribution < 1.29 is 18.3 Å². The van der Waals surface area contributed by atoms with Gasteiger partial charge in [0.15, 0.2) is 0 Å². The Balaban J connectivity index is 1.95. The highest BCUT2D eigenvalue weighted by molar-refractivity contribution is 6.31. The number of alkyl halides is 2. The molecule has 2 aromatic rings. The average molecular weight is 341 g/mol. The van der Waals surface area contributed by atoms with E-state index in [1.165, 1.54) is 6.07 Å². The molecule has 0 aliphatic rings. The van der Waals surface area contributed by atoms with E-state index in [0.717, 1.165) is 5.56 Å². The Labute approximate surface area is 137 Å². The molecule has 0 unspecified atom stereocenters. The summed E-state index contributed by atoms with van der Waals surface area (Å²) in [6, 6.07) is 10.9. The molecule has 0 saturated carbocycles. The molecule has 0 heterocycles. The topological polar surface area (TPSA) is 50.4 Å². The van der Waals surface area contributed by atoms with E-state index in [1.807, 2.05) is 6.92 Å². The van der Waals surface area contributed by atoms with Gasteiger partial charge in [-0.3, -0.25) is 0 Å². The number of carbonyl (C=O) groups is 1. The molecule has 0 radical (unpaired) electrons. The van der Waals surface area contributed by atoms with Gasteiger partial charge in [-0.15, -0.1) is 0 Å². The number of ether oxygens (including phenoxy) is 1. The van der Waals surface area contributed by atoms with E-state index in [0.29, 0.717) is 16.3 Å². The molecule has 0 saturated heterocycles. The molecule has 0 fully saturated rings. The smallest absolute Gasteiger partial charge is 0.387 e. The molecule has 0 aromatic heterocycles. The minimum Gasteiger partial charge on any atom is -0.434 e. The van der Waals surface area contributed by atoms with E-state index in [9.17, 15) is 13.6 Å². The van der Waals surface area contributed by atoms with Gasteiger partial charge < -0.3 is 15.4 Å². The molecule has 7 heteroatoms. The van der Waals surface area contributed by atoms with Crippen LogP contribution in [0.1, 0.15) is 11.1 Å². The summed E-state index contributed by atoms with van der Waals surface area (Å²) in [6.07, 6.45) is 0. The van der Waals surface area contributed by atoms with Crippen LogP contribution in [0.4, 0.5) is 19.3 Å². The van der Waals surface area contributed by atoms with Gasteiger partial charge in [-0.05, 0) is 30.7 Å². The van der Waals surface area contributed by atoms with Gasteiger partial charge >= 0.3 is 12.6 Å². The molecule has 23 heavy (non-hydrogen) atoms. The molecular weight excluding hydrogens is 326 g/mol. The van der Waals surface area contributed by atoms with Gasteiger partial charge in [-0.2, -0.15) is 8.78 Å². The molecule has 0 spiro atoms. The number of hydrogen-bond acceptors (Lipinski definition) is 2. The third-order valence-electron chi connectivity index (χ3n) is 3.06. The zero-order valence-corrected chi connectivity index (χ0v) is 13.0. The van der Waals surface area contributed by atoms with Gasteiger partial charge in [0.05, 0.1) is 0 Å². The van der Waals surface area contributed by atoms with Crippen LogP contribution in [0, 0.1) is 6.92 Å². The van der Waals surface area contributed by atoms with Gasteiger partial charge in [0.2, 0.25) is 0 Å². The number of halogens is 3. The van der Waals surface area contributed by atoms with E-state index >= 15 is 0 Å². The minimum atomic E-state index is -2.92. The quantitative estimate of drug-likeness (QED) is 0.837. The second-order valence-corrected chi connectivity index (χ2v) is 5.17. The normalized spacial score (nSPS) is 10.5. The minimum absolute atomic E-state index is 0.0289. The maximum Gasteiger partial charge on any atom is 0.387 e. The fraction of sp³-hybridized carbons (Fsp3) is 0.188. The molecule has 4 nitrogen and oxygen atoms in total. The average Bonchev–Trinajstić information content (AvgIpc) is 2.49. The first-order valence-corrected chi connectivity index (χ1v) is 7.17. The predicted molar refractivity (Wildman–Crippen MR) is 85.1 cm³/mol. The Hall–Kier alpha value is -2.34. The standard InChI is InChI=1S/C16H15ClF2N2O2/c1-10-6-7-12(8-13(10)17)21-16(22)20-9-11-4-2-3-5-14(11)23-15(18)19/h2-8,15H,9H2,1H3,(H2,20,21,22). The van der Waals surface area contributed by atoms with Crippen molar-refractivity contribution in [1.29, 1.82) is 0 Å². The summed E-state index contributed by atoms with van der Waals surface area (Å²) < 4.78 is 29.0. The second kappa shape index (κ2) is 7.78. The third-order valence-corrected chi connectivity index (χ3v) is 3.46. The molecule has 122 valence electrons. The number of aryl methyl sites for hydroxylation is 1. The molecule has 0 aliphatic carbocycles. The Bertz CT molecular complexity index is 696. The lowest BCUT2D eigenvalue weighted by Crippen LogP contribution is -2.28. The van der Waals surface area contributed by atoms with Crippen LogP contribution in [0.5, 0.6) is 5.75 Å². The van der Waals surface area contributed by atoms with Gasteiger partial charge in [0.25, 0.3) is 0 Å². The number of anilines is 1. The van der Waals surface area contributed by atoms with Crippen LogP contribution >= 0.6 is 11.6 Å². The number of benzene rings is 2. The predicted octanol–water partition coefficient (Wildman–Crippen LogP) is 4.57. The monoisotopic (exact) mass is 340 g/mol. The number of rotatable bonds is 5. The summed E-state index contributed by atoms with van der Waals surface area (Å²) in [5.41, 5.74) is 1.89. The van der Waals surface area contributed by atoms with Crippen molar-refractivity contribution >= 4 is 23.3 Å². The van der Waals surface area contributed by atoms with Crippen molar-refractivity contribution in [2.24, 2.45) is 0 Å². The summed E-state index contributed by atoms with van der Waals surface area (Å²) in [4.78, 5) is 11.9. The number of para-hydroxylation sites is 1. The van der Waals surface area contributed by atoms with Crippen LogP contribution in [0.25, 0.3) is 0 Å². The van der Waals surface area contributed by atoms with Crippen LogP contribution in [-0.2, 0) is 6.54 Å². The second-order valence-electron chi connectivity index (χ2n) is 4.76. The van der Waals surface area contributed by atoms with Crippen molar-refractivity contribution in [2.45, 2.75) is 20.1 Å².